The first-order valence-electron chi connectivity index (χ1n) is 7.10. The van der Waals surface area contributed by atoms with Crippen molar-refractivity contribution >= 4 is 0 Å². The minimum atomic E-state index is -0.561. The lowest BCUT2D eigenvalue weighted by molar-refractivity contribution is 0.0795. The maximum absolute atomic E-state index is 10.4. The van der Waals surface area contributed by atoms with Crippen molar-refractivity contribution in [3.05, 3.63) is 42.2 Å². The molecule has 0 spiro atoms. The minimum Gasteiger partial charge on any atom is -0.387 e. The van der Waals surface area contributed by atoms with Gasteiger partial charge in [0.1, 0.15) is 0 Å². The van der Waals surface area contributed by atoms with Crippen LogP contribution in [0.15, 0.2) is 36.5 Å². The molecule has 0 saturated carbocycles. The molecule has 2 unspecified atom stereocenters. The molecule has 5 nitrogen and oxygen atoms in total. The number of benzene rings is 1. The first-order chi connectivity index (χ1) is 9.84. The van der Waals surface area contributed by atoms with Crippen LogP contribution in [0.5, 0.6) is 0 Å². The molecular weight excluding hydrogens is 254 g/mol. The van der Waals surface area contributed by atoms with Gasteiger partial charge in [-0.1, -0.05) is 23.4 Å². The molecule has 1 aromatic heterocycles. The lowest BCUT2D eigenvalue weighted by atomic mass is 10.1. The molecule has 2 atom stereocenters. The number of ether oxygens (including phenoxy) is 1. The fourth-order valence-electron chi connectivity index (χ4n) is 2.60. The molecule has 0 aliphatic carbocycles. The second-order valence-electron chi connectivity index (χ2n) is 5.13. The SMILES string of the molecule is OC(CCC1CCCO1)c1cnnn1-c1ccccc1. The quantitative estimate of drug-likeness (QED) is 0.907. The van der Waals surface area contributed by atoms with Gasteiger partial charge in [0.2, 0.25) is 0 Å². The highest BCUT2D eigenvalue weighted by Gasteiger charge is 2.20. The molecule has 0 amide bonds. The summed E-state index contributed by atoms with van der Waals surface area (Å²) in [6.45, 7) is 0.851. The summed E-state index contributed by atoms with van der Waals surface area (Å²) < 4.78 is 7.28. The van der Waals surface area contributed by atoms with E-state index in [-0.39, 0.29) is 0 Å². The highest BCUT2D eigenvalue weighted by molar-refractivity contribution is 5.31. The van der Waals surface area contributed by atoms with E-state index in [0.717, 1.165) is 37.3 Å². The molecule has 0 bridgehead atoms. The molecule has 5 heteroatoms. The number of aliphatic hydroxyl groups excluding tert-OH is 1. The molecule has 1 aliphatic rings. The van der Waals surface area contributed by atoms with Crippen LogP contribution in [0.1, 0.15) is 37.5 Å². The van der Waals surface area contributed by atoms with Gasteiger partial charge in [0, 0.05) is 6.61 Å². The van der Waals surface area contributed by atoms with Crippen LogP contribution in [0.3, 0.4) is 0 Å². The fraction of sp³-hybridized carbons (Fsp3) is 0.467. The van der Waals surface area contributed by atoms with E-state index in [1.54, 1.807) is 10.9 Å². The second kappa shape index (κ2) is 6.15. The summed E-state index contributed by atoms with van der Waals surface area (Å²) in [5.41, 5.74) is 1.64. The number of hydrogen-bond donors (Lipinski definition) is 1. The average molecular weight is 273 g/mol. The maximum Gasteiger partial charge on any atom is 0.0978 e. The van der Waals surface area contributed by atoms with E-state index in [1.807, 2.05) is 30.3 Å². The Hall–Kier alpha value is -1.72. The topological polar surface area (TPSA) is 60.2 Å². The maximum atomic E-state index is 10.4. The zero-order valence-corrected chi connectivity index (χ0v) is 11.4. The zero-order valence-electron chi connectivity index (χ0n) is 11.4. The minimum absolute atomic E-state index is 0.297. The van der Waals surface area contributed by atoms with Gasteiger partial charge in [0.15, 0.2) is 0 Å². The summed E-state index contributed by atoms with van der Waals surface area (Å²) in [6.07, 6.45) is 5.15. The van der Waals surface area contributed by atoms with E-state index >= 15 is 0 Å². The van der Waals surface area contributed by atoms with Gasteiger partial charge in [0.25, 0.3) is 0 Å². The van der Waals surface area contributed by atoms with E-state index in [4.69, 9.17) is 4.74 Å². The molecule has 1 saturated heterocycles. The molecule has 3 rings (SSSR count). The van der Waals surface area contributed by atoms with Crippen molar-refractivity contribution in [1.82, 2.24) is 15.0 Å². The van der Waals surface area contributed by atoms with Crippen LogP contribution in [0.25, 0.3) is 5.69 Å². The zero-order chi connectivity index (χ0) is 13.8. The smallest absolute Gasteiger partial charge is 0.0978 e. The van der Waals surface area contributed by atoms with E-state index < -0.39 is 6.10 Å². The van der Waals surface area contributed by atoms with Crippen LogP contribution < -0.4 is 0 Å². The number of hydrogen-bond acceptors (Lipinski definition) is 4. The van der Waals surface area contributed by atoms with E-state index in [0.29, 0.717) is 12.5 Å². The van der Waals surface area contributed by atoms with Crippen molar-refractivity contribution in [3.8, 4) is 5.69 Å². The predicted octanol–water partition coefficient (Wildman–Crippen LogP) is 2.26. The second-order valence-corrected chi connectivity index (χ2v) is 5.13. The third kappa shape index (κ3) is 2.89. The lowest BCUT2D eigenvalue weighted by Gasteiger charge is -2.14. The summed E-state index contributed by atoms with van der Waals surface area (Å²) in [4.78, 5) is 0. The van der Waals surface area contributed by atoms with E-state index in [2.05, 4.69) is 10.3 Å². The Morgan fingerprint density at radius 3 is 2.95 bits per heavy atom. The normalized spacial score (nSPS) is 20.1. The largest absolute Gasteiger partial charge is 0.387 e. The van der Waals surface area contributed by atoms with Gasteiger partial charge in [-0.3, -0.25) is 0 Å². The van der Waals surface area contributed by atoms with Crippen molar-refractivity contribution in [2.75, 3.05) is 6.61 Å². The van der Waals surface area contributed by atoms with Crippen molar-refractivity contribution in [2.24, 2.45) is 0 Å². The van der Waals surface area contributed by atoms with E-state index in [1.165, 1.54) is 0 Å². The highest BCUT2D eigenvalue weighted by Crippen LogP contribution is 2.24. The fourth-order valence-corrected chi connectivity index (χ4v) is 2.60. The highest BCUT2D eigenvalue weighted by atomic mass is 16.5. The number of rotatable bonds is 5. The molecule has 1 aromatic carbocycles. The molecule has 0 radical (unpaired) electrons. The van der Waals surface area contributed by atoms with Gasteiger partial charge in [-0.15, -0.1) is 5.10 Å². The molecule has 1 N–H and O–H groups in total. The number of aliphatic hydroxyl groups is 1. The summed E-state index contributed by atoms with van der Waals surface area (Å²) in [5.74, 6) is 0. The number of aromatic nitrogens is 3. The average Bonchev–Trinajstić information content (AvgIpc) is 3.17. The van der Waals surface area contributed by atoms with Gasteiger partial charge < -0.3 is 9.84 Å². The van der Waals surface area contributed by atoms with Gasteiger partial charge in [0.05, 0.1) is 29.8 Å². The standard InChI is InChI=1S/C15H19N3O2/c19-15(9-8-13-7-4-10-20-13)14-11-16-17-18(14)12-5-2-1-3-6-12/h1-3,5-6,11,13,15,19H,4,7-10H2. The molecule has 20 heavy (non-hydrogen) atoms. The molecular formula is C15H19N3O2. The summed E-state index contributed by atoms with van der Waals surface area (Å²) in [7, 11) is 0. The molecule has 1 aliphatic heterocycles. The molecule has 1 fully saturated rings. The van der Waals surface area contributed by atoms with E-state index in [9.17, 15) is 5.11 Å². The van der Waals surface area contributed by atoms with Crippen LogP contribution in [-0.4, -0.2) is 32.8 Å². The third-order valence-corrected chi connectivity index (χ3v) is 3.70. The van der Waals surface area contributed by atoms with Gasteiger partial charge in [-0.2, -0.15) is 0 Å². The number of para-hydroxylation sites is 1. The Bertz CT molecular complexity index is 535. The van der Waals surface area contributed by atoms with Crippen LogP contribution in [0.4, 0.5) is 0 Å². The van der Waals surface area contributed by atoms with Crippen molar-refractivity contribution in [3.63, 3.8) is 0 Å². The van der Waals surface area contributed by atoms with Crippen LogP contribution in [-0.2, 0) is 4.74 Å². The molecule has 106 valence electrons. The van der Waals surface area contributed by atoms with Gasteiger partial charge in [-0.25, -0.2) is 4.68 Å². The monoisotopic (exact) mass is 273 g/mol. The van der Waals surface area contributed by atoms with Crippen molar-refractivity contribution < 1.29 is 9.84 Å². The van der Waals surface area contributed by atoms with Crippen molar-refractivity contribution in [1.29, 1.82) is 0 Å². The third-order valence-electron chi connectivity index (χ3n) is 3.70. The Morgan fingerprint density at radius 1 is 1.35 bits per heavy atom. The predicted molar refractivity (Wildman–Crippen MR) is 74.5 cm³/mol. The van der Waals surface area contributed by atoms with Crippen LogP contribution in [0, 0.1) is 0 Å². The Morgan fingerprint density at radius 2 is 2.20 bits per heavy atom. The summed E-state index contributed by atoms with van der Waals surface area (Å²) in [5, 5.41) is 18.3. The lowest BCUT2D eigenvalue weighted by Crippen LogP contribution is -2.11. The molecule has 2 heterocycles. The Balaban J connectivity index is 1.69. The van der Waals surface area contributed by atoms with Crippen LogP contribution >= 0.6 is 0 Å². The molecule has 2 aromatic rings. The Labute approximate surface area is 118 Å². The number of nitrogens with zero attached hydrogens (tertiary/aromatic N) is 3. The van der Waals surface area contributed by atoms with Crippen LogP contribution in [0.2, 0.25) is 0 Å². The first-order valence-corrected chi connectivity index (χ1v) is 7.10. The first kappa shape index (κ1) is 13.3. The summed E-state index contributed by atoms with van der Waals surface area (Å²) >= 11 is 0. The van der Waals surface area contributed by atoms with Crippen molar-refractivity contribution in [2.45, 2.75) is 37.9 Å². The van der Waals surface area contributed by atoms with Gasteiger partial charge >= 0.3 is 0 Å². The Kier molecular flexibility index (Phi) is 4.08. The summed E-state index contributed by atoms with van der Waals surface area (Å²) in [6, 6.07) is 9.74. The van der Waals surface area contributed by atoms with Gasteiger partial charge in [-0.05, 0) is 37.8 Å².